The molecule has 1 aliphatic rings. The first kappa shape index (κ1) is 14.3. The summed E-state index contributed by atoms with van der Waals surface area (Å²) in [7, 11) is 0. The van der Waals surface area contributed by atoms with Gasteiger partial charge in [0.2, 0.25) is 0 Å². The van der Waals surface area contributed by atoms with Crippen molar-refractivity contribution < 1.29 is 19.8 Å². The third kappa shape index (κ3) is 3.27. The molecule has 1 aromatic rings. The van der Waals surface area contributed by atoms with Crippen LogP contribution < -0.4 is 0 Å². The first-order valence-electron chi connectivity index (χ1n) is 6.53. The lowest BCUT2D eigenvalue weighted by molar-refractivity contribution is -0.146. The number of benzene rings is 1. The molecule has 108 valence electrons. The van der Waals surface area contributed by atoms with Gasteiger partial charge >= 0.3 is 12.0 Å². The number of hydrogen-bond donors (Lipinski definition) is 2. The Labute approximate surface area is 117 Å². The zero-order valence-corrected chi connectivity index (χ0v) is 11.1. The number of amides is 2. The predicted octanol–water partition coefficient (Wildman–Crippen LogP) is 0.617. The van der Waals surface area contributed by atoms with Crippen molar-refractivity contribution in [3.05, 3.63) is 35.9 Å². The Bertz CT molecular complexity index is 471. The van der Waals surface area contributed by atoms with E-state index >= 15 is 0 Å². The van der Waals surface area contributed by atoms with Crippen molar-refractivity contribution in [2.24, 2.45) is 5.92 Å². The first-order chi connectivity index (χ1) is 9.61. The third-order valence-electron chi connectivity index (χ3n) is 3.36. The van der Waals surface area contributed by atoms with E-state index in [9.17, 15) is 9.59 Å². The normalized spacial score (nSPS) is 14.8. The Morgan fingerprint density at radius 3 is 2.45 bits per heavy atom. The van der Waals surface area contributed by atoms with Crippen LogP contribution >= 0.6 is 0 Å². The number of rotatable bonds is 5. The highest BCUT2D eigenvalue weighted by Crippen LogP contribution is 2.18. The summed E-state index contributed by atoms with van der Waals surface area (Å²) in [5.41, 5.74) is 0.976. The molecule has 6 heteroatoms. The van der Waals surface area contributed by atoms with E-state index in [0.717, 1.165) is 5.56 Å². The maximum atomic E-state index is 12.2. The van der Waals surface area contributed by atoms with Crippen molar-refractivity contribution in [3.8, 4) is 0 Å². The standard InChI is InChI=1S/C14H18N2O4/c17-7-6-15(8-11-4-2-1-3-5-11)14(20)16-9-12(10-16)13(18)19/h1-5,12,17H,6-10H2,(H,18,19). The molecule has 0 atom stereocenters. The molecule has 20 heavy (non-hydrogen) atoms. The van der Waals surface area contributed by atoms with Crippen LogP contribution in [0.25, 0.3) is 0 Å². The van der Waals surface area contributed by atoms with E-state index in [0.29, 0.717) is 6.54 Å². The molecular formula is C14H18N2O4. The minimum absolute atomic E-state index is 0.116. The Balaban J connectivity index is 1.95. The molecule has 1 heterocycles. The van der Waals surface area contributed by atoms with E-state index in [1.807, 2.05) is 30.3 Å². The summed E-state index contributed by atoms with van der Waals surface area (Å²) in [4.78, 5) is 26.0. The number of aliphatic carboxylic acids is 1. The number of aliphatic hydroxyl groups is 1. The van der Waals surface area contributed by atoms with Gasteiger partial charge in [-0.15, -0.1) is 0 Å². The van der Waals surface area contributed by atoms with Gasteiger partial charge in [0, 0.05) is 26.2 Å². The second kappa shape index (κ2) is 6.38. The molecule has 0 radical (unpaired) electrons. The number of carbonyl (C=O) groups is 2. The van der Waals surface area contributed by atoms with E-state index in [-0.39, 0.29) is 32.3 Å². The number of hydrogen-bond acceptors (Lipinski definition) is 3. The van der Waals surface area contributed by atoms with Gasteiger partial charge in [-0.1, -0.05) is 30.3 Å². The molecule has 1 fully saturated rings. The van der Waals surface area contributed by atoms with E-state index in [1.165, 1.54) is 9.80 Å². The highest BCUT2D eigenvalue weighted by Gasteiger charge is 2.37. The Kier molecular flexibility index (Phi) is 4.57. The average Bonchev–Trinajstić information content (AvgIpc) is 2.37. The predicted molar refractivity (Wildman–Crippen MR) is 72.0 cm³/mol. The number of aliphatic hydroxyl groups excluding tert-OH is 1. The van der Waals surface area contributed by atoms with Crippen LogP contribution in [0.3, 0.4) is 0 Å². The molecule has 0 bridgehead atoms. The number of urea groups is 1. The maximum absolute atomic E-state index is 12.2. The first-order valence-corrected chi connectivity index (χ1v) is 6.53. The van der Waals surface area contributed by atoms with E-state index < -0.39 is 11.9 Å². The number of likely N-dealkylation sites (tertiary alicyclic amines) is 1. The SMILES string of the molecule is O=C(O)C1CN(C(=O)N(CCO)Cc2ccccc2)C1. The molecule has 2 rings (SSSR count). The molecule has 0 saturated carbocycles. The van der Waals surface area contributed by atoms with Crippen LogP contribution in [0.5, 0.6) is 0 Å². The summed E-state index contributed by atoms with van der Waals surface area (Å²) >= 11 is 0. The van der Waals surface area contributed by atoms with Gasteiger partial charge in [0.05, 0.1) is 12.5 Å². The number of nitrogens with zero attached hydrogens (tertiary/aromatic N) is 2. The van der Waals surface area contributed by atoms with Crippen LogP contribution in [-0.2, 0) is 11.3 Å². The molecule has 1 aliphatic heterocycles. The highest BCUT2D eigenvalue weighted by molar-refractivity contribution is 5.79. The molecule has 0 spiro atoms. The third-order valence-corrected chi connectivity index (χ3v) is 3.36. The van der Waals surface area contributed by atoms with Crippen LogP contribution in [0.4, 0.5) is 4.79 Å². The molecule has 2 N–H and O–H groups in total. The van der Waals surface area contributed by atoms with Crippen LogP contribution in [0, 0.1) is 5.92 Å². The van der Waals surface area contributed by atoms with Crippen molar-refractivity contribution >= 4 is 12.0 Å². The quantitative estimate of drug-likeness (QED) is 0.827. The zero-order chi connectivity index (χ0) is 14.5. The summed E-state index contributed by atoms with van der Waals surface area (Å²) in [6.45, 7) is 1.01. The van der Waals surface area contributed by atoms with E-state index in [1.54, 1.807) is 0 Å². The molecular weight excluding hydrogens is 260 g/mol. The van der Waals surface area contributed by atoms with E-state index in [2.05, 4.69) is 0 Å². The smallest absolute Gasteiger partial charge is 0.320 e. The Morgan fingerprint density at radius 2 is 1.90 bits per heavy atom. The minimum atomic E-state index is -0.870. The van der Waals surface area contributed by atoms with Crippen molar-refractivity contribution in [1.29, 1.82) is 0 Å². The van der Waals surface area contributed by atoms with Crippen LogP contribution in [0.15, 0.2) is 30.3 Å². The van der Waals surface area contributed by atoms with Crippen LogP contribution in [0.2, 0.25) is 0 Å². The largest absolute Gasteiger partial charge is 0.481 e. The van der Waals surface area contributed by atoms with Gasteiger partial charge in [-0.25, -0.2) is 4.79 Å². The highest BCUT2D eigenvalue weighted by atomic mass is 16.4. The van der Waals surface area contributed by atoms with Crippen LogP contribution in [0.1, 0.15) is 5.56 Å². The molecule has 0 unspecified atom stereocenters. The summed E-state index contributed by atoms with van der Waals surface area (Å²) in [5.74, 6) is -1.34. The molecule has 6 nitrogen and oxygen atoms in total. The second-order valence-corrected chi connectivity index (χ2v) is 4.85. The molecule has 0 aromatic heterocycles. The fourth-order valence-corrected chi connectivity index (χ4v) is 2.16. The molecule has 1 saturated heterocycles. The fourth-order valence-electron chi connectivity index (χ4n) is 2.16. The molecule has 1 aromatic carbocycles. The van der Waals surface area contributed by atoms with Crippen molar-refractivity contribution in [1.82, 2.24) is 9.80 Å². The maximum Gasteiger partial charge on any atom is 0.320 e. The van der Waals surface area contributed by atoms with Crippen molar-refractivity contribution in [2.45, 2.75) is 6.54 Å². The summed E-state index contributed by atoms with van der Waals surface area (Å²) in [6.07, 6.45) is 0. The Hall–Kier alpha value is -2.08. The van der Waals surface area contributed by atoms with E-state index in [4.69, 9.17) is 10.2 Å². The van der Waals surface area contributed by atoms with Gasteiger partial charge in [0.1, 0.15) is 0 Å². The van der Waals surface area contributed by atoms with Gasteiger partial charge < -0.3 is 20.0 Å². The van der Waals surface area contributed by atoms with Gasteiger partial charge in [-0.2, -0.15) is 0 Å². The van der Waals surface area contributed by atoms with Crippen molar-refractivity contribution in [3.63, 3.8) is 0 Å². The summed E-state index contributed by atoms with van der Waals surface area (Å²) in [5, 5.41) is 17.9. The number of carbonyl (C=O) groups excluding carboxylic acids is 1. The average molecular weight is 278 g/mol. The number of carboxylic acids is 1. The molecule has 0 aliphatic carbocycles. The van der Waals surface area contributed by atoms with Crippen LogP contribution in [-0.4, -0.2) is 58.3 Å². The van der Waals surface area contributed by atoms with Gasteiger partial charge in [0.25, 0.3) is 0 Å². The summed E-state index contributed by atoms with van der Waals surface area (Å²) in [6, 6.07) is 9.28. The van der Waals surface area contributed by atoms with Gasteiger partial charge in [-0.05, 0) is 5.56 Å². The fraction of sp³-hybridized carbons (Fsp3) is 0.429. The zero-order valence-electron chi connectivity index (χ0n) is 11.1. The topological polar surface area (TPSA) is 81.1 Å². The minimum Gasteiger partial charge on any atom is -0.481 e. The van der Waals surface area contributed by atoms with Gasteiger partial charge in [-0.3, -0.25) is 4.79 Å². The van der Waals surface area contributed by atoms with Gasteiger partial charge in [0.15, 0.2) is 0 Å². The Morgan fingerprint density at radius 1 is 1.25 bits per heavy atom. The summed E-state index contributed by atoms with van der Waals surface area (Å²) < 4.78 is 0. The second-order valence-electron chi connectivity index (χ2n) is 4.85. The molecule has 2 amide bonds. The lowest BCUT2D eigenvalue weighted by atomic mass is 10.0. The number of carboxylic acid groups (broad SMARTS) is 1. The lowest BCUT2D eigenvalue weighted by Gasteiger charge is -2.39. The van der Waals surface area contributed by atoms with Crippen molar-refractivity contribution in [2.75, 3.05) is 26.2 Å². The monoisotopic (exact) mass is 278 g/mol. The lowest BCUT2D eigenvalue weighted by Crippen LogP contribution is -2.57.